The lowest BCUT2D eigenvalue weighted by atomic mass is 9.92. The molecule has 106 valence electrons. The van der Waals surface area contributed by atoms with Gasteiger partial charge in [-0.25, -0.2) is 0 Å². The Morgan fingerprint density at radius 1 is 1.45 bits per heavy atom. The fourth-order valence-electron chi connectivity index (χ4n) is 2.65. The summed E-state index contributed by atoms with van der Waals surface area (Å²) in [6.07, 6.45) is 1.64. The Morgan fingerprint density at radius 3 is 2.80 bits per heavy atom. The molecule has 1 aromatic rings. The van der Waals surface area contributed by atoms with Gasteiger partial charge in [0, 0.05) is 19.7 Å². The Labute approximate surface area is 120 Å². The maximum Gasteiger partial charge on any atom is 0.255 e. The summed E-state index contributed by atoms with van der Waals surface area (Å²) in [5.41, 5.74) is 0.698. The van der Waals surface area contributed by atoms with Gasteiger partial charge in [0.1, 0.15) is 0 Å². The summed E-state index contributed by atoms with van der Waals surface area (Å²) in [6, 6.07) is 9.17. The minimum atomic E-state index is -0.202. The standard InChI is InChI=1S/C16H20N2O2/c1-16(2)10-13(8-9-20-16)18(3)15(19)14-7-5-4-6-12(14)11-17/h4-7,13H,8-10H2,1-3H3/t13-/m0/s1. The van der Waals surface area contributed by atoms with Crippen molar-refractivity contribution in [2.45, 2.75) is 38.3 Å². The number of carbonyl (C=O) groups excluding carboxylic acids is 1. The van der Waals surface area contributed by atoms with Gasteiger partial charge in [-0.1, -0.05) is 12.1 Å². The SMILES string of the molecule is CN(C(=O)c1ccccc1C#N)[C@H]1CCOC(C)(C)C1. The Bertz CT molecular complexity index is 546. The number of amides is 1. The third kappa shape index (κ3) is 3.00. The molecule has 0 radical (unpaired) electrons. The van der Waals surface area contributed by atoms with E-state index >= 15 is 0 Å². The Hall–Kier alpha value is -1.86. The van der Waals surface area contributed by atoms with Crippen molar-refractivity contribution in [3.63, 3.8) is 0 Å². The van der Waals surface area contributed by atoms with Crippen LogP contribution >= 0.6 is 0 Å². The molecule has 2 rings (SSSR count). The molecule has 0 N–H and O–H groups in total. The van der Waals surface area contributed by atoms with Crippen molar-refractivity contribution >= 4 is 5.91 Å². The van der Waals surface area contributed by atoms with Gasteiger partial charge in [0.25, 0.3) is 5.91 Å². The average molecular weight is 272 g/mol. The maximum atomic E-state index is 12.6. The molecule has 20 heavy (non-hydrogen) atoms. The fourth-order valence-corrected chi connectivity index (χ4v) is 2.65. The molecule has 4 heteroatoms. The molecule has 1 aromatic carbocycles. The number of hydrogen-bond acceptors (Lipinski definition) is 3. The van der Waals surface area contributed by atoms with Crippen LogP contribution in [-0.2, 0) is 4.74 Å². The summed E-state index contributed by atoms with van der Waals surface area (Å²) >= 11 is 0. The van der Waals surface area contributed by atoms with Crippen LogP contribution in [0.1, 0.15) is 42.6 Å². The lowest BCUT2D eigenvalue weighted by Gasteiger charge is -2.39. The van der Waals surface area contributed by atoms with Gasteiger partial charge < -0.3 is 9.64 Å². The van der Waals surface area contributed by atoms with Crippen LogP contribution < -0.4 is 0 Å². The second-order valence-corrected chi connectivity index (χ2v) is 5.83. The van der Waals surface area contributed by atoms with Crippen LogP contribution in [0.2, 0.25) is 0 Å². The van der Waals surface area contributed by atoms with Gasteiger partial charge in [-0.2, -0.15) is 5.26 Å². The summed E-state index contributed by atoms with van der Waals surface area (Å²) in [6.45, 7) is 4.75. The minimum absolute atomic E-state index is 0.0927. The van der Waals surface area contributed by atoms with E-state index in [9.17, 15) is 4.79 Å². The molecule has 0 aromatic heterocycles. The third-order valence-electron chi connectivity index (χ3n) is 3.82. The van der Waals surface area contributed by atoms with E-state index < -0.39 is 0 Å². The van der Waals surface area contributed by atoms with Crippen LogP contribution in [-0.4, -0.2) is 36.1 Å². The van der Waals surface area contributed by atoms with Gasteiger partial charge in [0.05, 0.1) is 22.8 Å². The molecule has 1 atom stereocenters. The van der Waals surface area contributed by atoms with Crippen molar-refractivity contribution in [2.75, 3.05) is 13.7 Å². The Morgan fingerprint density at radius 2 is 2.15 bits per heavy atom. The lowest BCUT2D eigenvalue weighted by Crippen LogP contribution is -2.46. The lowest BCUT2D eigenvalue weighted by molar-refractivity contribution is -0.0756. The minimum Gasteiger partial charge on any atom is -0.375 e. The van der Waals surface area contributed by atoms with E-state index in [1.807, 2.05) is 20.9 Å². The molecule has 4 nitrogen and oxygen atoms in total. The van der Waals surface area contributed by atoms with Crippen LogP contribution in [0.25, 0.3) is 0 Å². The number of nitrogens with zero attached hydrogens (tertiary/aromatic N) is 2. The number of benzene rings is 1. The maximum absolute atomic E-state index is 12.6. The second-order valence-electron chi connectivity index (χ2n) is 5.83. The Balaban J connectivity index is 2.19. The van der Waals surface area contributed by atoms with Crippen molar-refractivity contribution < 1.29 is 9.53 Å². The van der Waals surface area contributed by atoms with E-state index in [4.69, 9.17) is 10.00 Å². The highest BCUT2D eigenvalue weighted by Gasteiger charge is 2.33. The van der Waals surface area contributed by atoms with E-state index in [1.54, 1.807) is 29.2 Å². The predicted octanol–water partition coefficient (Wildman–Crippen LogP) is 2.59. The molecule has 0 saturated carbocycles. The zero-order valence-electron chi connectivity index (χ0n) is 12.2. The van der Waals surface area contributed by atoms with Crippen molar-refractivity contribution in [3.05, 3.63) is 35.4 Å². The van der Waals surface area contributed by atoms with Crippen LogP contribution in [0.15, 0.2) is 24.3 Å². The zero-order chi connectivity index (χ0) is 14.8. The van der Waals surface area contributed by atoms with Crippen LogP contribution in [0.4, 0.5) is 0 Å². The van der Waals surface area contributed by atoms with Crippen molar-refractivity contribution in [1.29, 1.82) is 5.26 Å². The molecule has 1 heterocycles. The summed E-state index contributed by atoms with van der Waals surface area (Å²) < 4.78 is 5.69. The van der Waals surface area contributed by atoms with Crippen LogP contribution in [0.3, 0.4) is 0 Å². The molecular formula is C16H20N2O2. The molecule has 1 aliphatic heterocycles. The fraction of sp³-hybridized carbons (Fsp3) is 0.500. The monoisotopic (exact) mass is 272 g/mol. The highest BCUT2D eigenvalue weighted by molar-refractivity contribution is 5.96. The number of carbonyl (C=O) groups is 1. The number of hydrogen-bond donors (Lipinski definition) is 0. The number of nitriles is 1. The van der Waals surface area contributed by atoms with E-state index in [1.165, 1.54) is 0 Å². The number of rotatable bonds is 2. The van der Waals surface area contributed by atoms with Gasteiger partial charge >= 0.3 is 0 Å². The molecule has 1 saturated heterocycles. The van der Waals surface area contributed by atoms with E-state index in [2.05, 4.69) is 6.07 Å². The molecule has 0 aliphatic carbocycles. The Kier molecular flexibility index (Phi) is 4.10. The molecule has 1 amide bonds. The number of ether oxygens (including phenoxy) is 1. The molecule has 0 spiro atoms. The van der Waals surface area contributed by atoms with Crippen LogP contribution in [0.5, 0.6) is 0 Å². The van der Waals surface area contributed by atoms with Gasteiger partial charge in [-0.3, -0.25) is 4.79 Å². The quantitative estimate of drug-likeness (QED) is 0.831. The first-order valence-electron chi connectivity index (χ1n) is 6.85. The first-order valence-corrected chi connectivity index (χ1v) is 6.85. The van der Waals surface area contributed by atoms with Gasteiger partial charge in [0.2, 0.25) is 0 Å². The molecule has 1 aliphatic rings. The normalized spacial score (nSPS) is 21.0. The predicted molar refractivity (Wildman–Crippen MR) is 76.3 cm³/mol. The first kappa shape index (κ1) is 14.5. The van der Waals surface area contributed by atoms with Gasteiger partial charge in [-0.05, 0) is 38.8 Å². The highest BCUT2D eigenvalue weighted by Crippen LogP contribution is 2.27. The summed E-state index contributed by atoms with van der Waals surface area (Å²) in [5, 5.41) is 9.10. The molecular weight excluding hydrogens is 252 g/mol. The van der Waals surface area contributed by atoms with E-state index in [0.29, 0.717) is 17.7 Å². The van der Waals surface area contributed by atoms with Crippen molar-refractivity contribution in [1.82, 2.24) is 4.90 Å². The highest BCUT2D eigenvalue weighted by atomic mass is 16.5. The third-order valence-corrected chi connectivity index (χ3v) is 3.82. The summed E-state index contributed by atoms with van der Waals surface area (Å²) in [7, 11) is 1.81. The smallest absolute Gasteiger partial charge is 0.255 e. The topological polar surface area (TPSA) is 53.3 Å². The van der Waals surface area contributed by atoms with Gasteiger partial charge in [0.15, 0.2) is 0 Å². The van der Waals surface area contributed by atoms with Crippen molar-refractivity contribution in [2.24, 2.45) is 0 Å². The first-order chi connectivity index (χ1) is 9.44. The van der Waals surface area contributed by atoms with Gasteiger partial charge in [-0.15, -0.1) is 0 Å². The molecule has 0 bridgehead atoms. The summed E-state index contributed by atoms with van der Waals surface area (Å²) in [5.74, 6) is -0.0927. The van der Waals surface area contributed by atoms with Crippen molar-refractivity contribution in [3.8, 4) is 6.07 Å². The molecule has 0 unspecified atom stereocenters. The van der Waals surface area contributed by atoms with Crippen LogP contribution in [0, 0.1) is 11.3 Å². The zero-order valence-corrected chi connectivity index (χ0v) is 12.2. The molecule has 1 fully saturated rings. The average Bonchev–Trinajstić information content (AvgIpc) is 2.44. The van der Waals surface area contributed by atoms with E-state index in [-0.39, 0.29) is 17.6 Å². The van der Waals surface area contributed by atoms with E-state index in [0.717, 1.165) is 12.8 Å². The summed E-state index contributed by atoms with van der Waals surface area (Å²) in [4.78, 5) is 14.3. The second kappa shape index (κ2) is 5.64. The largest absolute Gasteiger partial charge is 0.375 e.